The zero-order chi connectivity index (χ0) is 22.6. The quantitative estimate of drug-likeness (QED) is 0.411. The van der Waals surface area contributed by atoms with E-state index in [0.29, 0.717) is 16.7 Å². The predicted molar refractivity (Wildman–Crippen MR) is 123 cm³/mol. The van der Waals surface area contributed by atoms with Gasteiger partial charge in [-0.15, -0.1) is 0 Å². The molecule has 4 nitrogen and oxygen atoms in total. The Morgan fingerprint density at radius 3 is 2.34 bits per heavy atom. The molecule has 0 radical (unpaired) electrons. The molecule has 0 spiro atoms. The van der Waals surface area contributed by atoms with Gasteiger partial charge in [-0.25, -0.2) is 4.39 Å². The Kier molecular flexibility index (Phi) is 4.70. The summed E-state index contributed by atoms with van der Waals surface area (Å²) in [6, 6.07) is 16.4. The highest BCUT2D eigenvalue weighted by molar-refractivity contribution is 6.10. The summed E-state index contributed by atoms with van der Waals surface area (Å²) >= 11 is 0. The largest absolute Gasteiger partial charge is 0.450 e. The van der Waals surface area contributed by atoms with Crippen LogP contribution in [-0.4, -0.2) is 5.91 Å². The van der Waals surface area contributed by atoms with Gasteiger partial charge in [0.15, 0.2) is 5.43 Å². The van der Waals surface area contributed by atoms with E-state index in [0.717, 1.165) is 23.1 Å². The van der Waals surface area contributed by atoms with Gasteiger partial charge in [0.1, 0.15) is 11.4 Å². The molecule has 0 saturated heterocycles. The van der Waals surface area contributed by atoms with Crippen LogP contribution in [0.3, 0.4) is 0 Å². The van der Waals surface area contributed by atoms with Crippen molar-refractivity contribution in [3.05, 3.63) is 110 Å². The minimum atomic E-state index is -0.909. The normalized spacial score (nSPS) is 15.4. The first-order valence-electron chi connectivity index (χ1n) is 10.7. The van der Waals surface area contributed by atoms with Crippen LogP contribution in [-0.2, 0) is 6.42 Å². The lowest BCUT2D eigenvalue weighted by Gasteiger charge is -2.25. The number of hydrogen-bond donors (Lipinski definition) is 0. The molecular formula is C27H22FNO3. The molecule has 1 unspecified atom stereocenters. The standard InChI is InChI=1S/C27H22FNO3/c1-4-17-9-11-18(12-10-17)29-24(19-7-5-6-8-21(19)28)23-25(30)20-13-15(2)16(3)14-22(20)32-26(23)27(29)31/h5-14,24H,4H2,1-3H3. The van der Waals surface area contributed by atoms with Crippen LogP contribution in [0.4, 0.5) is 10.1 Å². The molecule has 5 rings (SSSR count). The Balaban J connectivity index is 1.82. The van der Waals surface area contributed by atoms with Crippen molar-refractivity contribution >= 4 is 22.6 Å². The van der Waals surface area contributed by atoms with Gasteiger partial charge in [-0.2, -0.15) is 0 Å². The number of halogens is 1. The van der Waals surface area contributed by atoms with E-state index in [2.05, 4.69) is 0 Å². The van der Waals surface area contributed by atoms with E-state index in [1.165, 1.54) is 11.0 Å². The summed E-state index contributed by atoms with van der Waals surface area (Å²) in [7, 11) is 0. The van der Waals surface area contributed by atoms with Crippen molar-refractivity contribution in [2.24, 2.45) is 0 Å². The minimum absolute atomic E-state index is 0.0291. The van der Waals surface area contributed by atoms with Crippen LogP contribution < -0.4 is 10.3 Å². The van der Waals surface area contributed by atoms with Gasteiger partial charge in [0.2, 0.25) is 5.76 Å². The molecule has 1 aliphatic rings. The molecule has 0 fully saturated rings. The van der Waals surface area contributed by atoms with Crippen molar-refractivity contribution in [2.45, 2.75) is 33.2 Å². The zero-order valence-electron chi connectivity index (χ0n) is 18.1. The zero-order valence-corrected chi connectivity index (χ0v) is 18.1. The van der Waals surface area contributed by atoms with Gasteiger partial charge in [-0.3, -0.25) is 14.5 Å². The van der Waals surface area contributed by atoms with Crippen LogP contribution in [0.15, 0.2) is 69.9 Å². The lowest BCUT2D eigenvalue weighted by molar-refractivity contribution is 0.0971. The van der Waals surface area contributed by atoms with Crippen LogP contribution in [0.1, 0.15) is 51.3 Å². The number of carbonyl (C=O) groups excluding carboxylic acids is 1. The molecule has 0 aliphatic carbocycles. The molecule has 2 heterocycles. The first-order chi connectivity index (χ1) is 15.4. The molecule has 3 aromatic carbocycles. The predicted octanol–water partition coefficient (Wildman–Crippen LogP) is 5.86. The van der Waals surface area contributed by atoms with Crippen molar-refractivity contribution in [2.75, 3.05) is 4.90 Å². The van der Waals surface area contributed by atoms with Crippen molar-refractivity contribution in [3.8, 4) is 0 Å². The van der Waals surface area contributed by atoms with Crippen molar-refractivity contribution in [1.82, 2.24) is 0 Å². The SMILES string of the molecule is CCc1ccc(N2C(=O)c3oc4cc(C)c(C)cc4c(=O)c3C2c2ccccc2F)cc1. The molecule has 0 saturated carbocycles. The van der Waals surface area contributed by atoms with Crippen molar-refractivity contribution in [1.29, 1.82) is 0 Å². The minimum Gasteiger partial charge on any atom is -0.450 e. The fraction of sp³-hybridized carbons (Fsp3) is 0.185. The highest BCUT2D eigenvalue weighted by Crippen LogP contribution is 2.42. The second-order valence-electron chi connectivity index (χ2n) is 8.23. The second-order valence-corrected chi connectivity index (χ2v) is 8.23. The fourth-order valence-corrected chi connectivity index (χ4v) is 4.38. The molecule has 1 aliphatic heterocycles. The van der Waals surface area contributed by atoms with Crippen LogP contribution >= 0.6 is 0 Å². The van der Waals surface area contributed by atoms with E-state index in [4.69, 9.17) is 4.42 Å². The maximum absolute atomic E-state index is 15.0. The summed E-state index contributed by atoms with van der Waals surface area (Å²) in [4.78, 5) is 28.7. The first kappa shape index (κ1) is 20.2. The van der Waals surface area contributed by atoms with Gasteiger partial charge in [0, 0.05) is 11.3 Å². The number of carbonyl (C=O) groups is 1. The number of nitrogens with zero attached hydrogens (tertiary/aromatic N) is 1. The first-order valence-corrected chi connectivity index (χ1v) is 10.7. The number of amides is 1. The molecular weight excluding hydrogens is 405 g/mol. The van der Waals surface area contributed by atoms with Crippen LogP contribution in [0.5, 0.6) is 0 Å². The maximum atomic E-state index is 15.0. The van der Waals surface area contributed by atoms with Crippen molar-refractivity contribution in [3.63, 3.8) is 0 Å². The topological polar surface area (TPSA) is 50.5 Å². The summed E-state index contributed by atoms with van der Waals surface area (Å²) in [5.41, 5.74) is 4.10. The number of anilines is 1. The Morgan fingerprint density at radius 1 is 0.969 bits per heavy atom. The Hall–Kier alpha value is -3.73. The number of aryl methyl sites for hydroxylation is 3. The fourth-order valence-electron chi connectivity index (χ4n) is 4.38. The van der Waals surface area contributed by atoms with Gasteiger partial charge < -0.3 is 4.42 Å². The summed E-state index contributed by atoms with van der Waals surface area (Å²) < 4.78 is 21.0. The van der Waals surface area contributed by atoms with Crippen molar-refractivity contribution < 1.29 is 13.6 Å². The molecule has 5 heteroatoms. The third-order valence-corrected chi connectivity index (χ3v) is 6.31. The number of fused-ring (bicyclic) bond motifs is 2. The summed E-state index contributed by atoms with van der Waals surface area (Å²) in [6.07, 6.45) is 0.856. The monoisotopic (exact) mass is 427 g/mol. The average Bonchev–Trinajstić information content (AvgIpc) is 3.08. The number of benzene rings is 3. The molecule has 1 amide bonds. The second kappa shape index (κ2) is 7.45. The highest BCUT2D eigenvalue weighted by Gasteiger charge is 2.44. The molecule has 0 N–H and O–H groups in total. The number of hydrogen-bond acceptors (Lipinski definition) is 3. The molecule has 1 aromatic heterocycles. The van der Waals surface area contributed by atoms with Gasteiger partial charge in [-0.1, -0.05) is 37.3 Å². The number of rotatable bonds is 3. The van der Waals surface area contributed by atoms with E-state index in [1.54, 1.807) is 30.3 Å². The van der Waals surface area contributed by atoms with E-state index in [9.17, 15) is 14.0 Å². The molecule has 4 aromatic rings. The average molecular weight is 427 g/mol. The highest BCUT2D eigenvalue weighted by atomic mass is 19.1. The third-order valence-electron chi connectivity index (χ3n) is 6.31. The van der Waals surface area contributed by atoms with E-state index >= 15 is 0 Å². The Bertz CT molecular complexity index is 1440. The van der Waals surface area contributed by atoms with Crippen LogP contribution in [0, 0.1) is 19.7 Å². The summed E-state index contributed by atoms with van der Waals surface area (Å²) in [6.45, 7) is 5.89. The maximum Gasteiger partial charge on any atom is 0.295 e. The van der Waals surface area contributed by atoms with Crippen LogP contribution in [0.25, 0.3) is 11.0 Å². The van der Waals surface area contributed by atoms with Crippen LogP contribution in [0.2, 0.25) is 0 Å². The molecule has 0 bridgehead atoms. The molecule has 160 valence electrons. The van der Waals surface area contributed by atoms with Gasteiger partial charge in [0.05, 0.1) is 17.0 Å². The third kappa shape index (κ3) is 2.96. The Labute approximate surface area is 184 Å². The van der Waals surface area contributed by atoms with Gasteiger partial charge >= 0.3 is 0 Å². The van der Waals surface area contributed by atoms with Gasteiger partial charge in [0.25, 0.3) is 5.91 Å². The molecule has 32 heavy (non-hydrogen) atoms. The Morgan fingerprint density at radius 2 is 1.66 bits per heavy atom. The van der Waals surface area contributed by atoms with E-state index in [1.807, 2.05) is 45.0 Å². The summed E-state index contributed by atoms with van der Waals surface area (Å²) in [5.74, 6) is -0.957. The smallest absolute Gasteiger partial charge is 0.295 e. The lowest BCUT2D eigenvalue weighted by Crippen LogP contribution is -2.30. The molecule has 1 atom stereocenters. The van der Waals surface area contributed by atoms with E-state index < -0.39 is 17.8 Å². The van der Waals surface area contributed by atoms with Gasteiger partial charge in [-0.05, 0) is 67.3 Å². The van der Waals surface area contributed by atoms with E-state index in [-0.39, 0.29) is 22.3 Å². The summed E-state index contributed by atoms with van der Waals surface area (Å²) in [5, 5.41) is 0.393. The lowest BCUT2D eigenvalue weighted by atomic mass is 9.97.